The third-order valence-corrected chi connectivity index (χ3v) is 3.13. The molecule has 1 atom stereocenters. The van der Waals surface area contributed by atoms with E-state index in [0.717, 1.165) is 12.8 Å². The summed E-state index contributed by atoms with van der Waals surface area (Å²) < 4.78 is 5.07. The predicted octanol–water partition coefficient (Wildman–Crippen LogP) is 1.53. The Balaban J connectivity index is 2.09. The van der Waals surface area contributed by atoms with Crippen LogP contribution < -0.4 is 10.1 Å². The Morgan fingerprint density at radius 1 is 1.47 bits per heavy atom. The average molecular weight is 263 g/mol. The fourth-order valence-corrected chi connectivity index (χ4v) is 1.91. The third-order valence-electron chi connectivity index (χ3n) is 3.13. The number of methoxy groups -OCH3 is 1. The van der Waals surface area contributed by atoms with Crippen LogP contribution in [-0.4, -0.2) is 30.1 Å². The van der Waals surface area contributed by atoms with E-state index in [1.165, 1.54) is 7.11 Å². The molecule has 1 amide bonds. The van der Waals surface area contributed by atoms with Gasteiger partial charge in [-0.25, -0.2) is 0 Å². The van der Waals surface area contributed by atoms with Crippen molar-refractivity contribution in [2.75, 3.05) is 7.11 Å². The van der Waals surface area contributed by atoms with Crippen LogP contribution in [0.2, 0.25) is 0 Å². The summed E-state index contributed by atoms with van der Waals surface area (Å²) in [5.74, 6) is -1.46. The van der Waals surface area contributed by atoms with E-state index in [0.29, 0.717) is 11.3 Å². The SMILES string of the molecule is COc1cccc(C(CC(=O)NC2CC2)C(=O)O)c1. The van der Waals surface area contributed by atoms with Crippen LogP contribution in [0.5, 0.6) is 5.75 Å². The second kappa shape index (κ2) is 5.73. The van der Waals surface area contributed by atoms with E-state index >= 15 is 0 Å². The maximum absolute atomic E-state index is 11.7. The van der Waals surface area contributed by atoms with E-state index in [9.17, 15) is 14.7 Å². The molecule has 1 saturated carbocycles. The highest BCUT2D eigenvalue weighted by Crippen LogP contribution is 2.25. The number of nitrogens with one attached hydrogen (secondary N) is 1. The molecule has 1 aliphatic carbocycles. The molecule has 2 rings (SSSR count). The number of rotatable bonds is 6. The van der Waals surface area contributed by atoms with E-state index in [2.05, 4.69) is 5.32 Å². The van der Waals surface area contributed by atoms with Gasteiger partial charge < -0.3 is 15.2 Å². The van der Waals surface area contributed by atoms with Crippen molar-refractivity contribution in [3.05, 3.63) is 29.8 Å². The molecule has 5 nitrogen and oxygen atoms in total. The Labute approximate surface area is 111 Å². The maximum atomic E-state index is 11.7. The summed E-state index contributed by atoms with van der Waals surface area (Å²) in [7, 11) is 1.52. The van der Waals surface area contributed by atoms with Gasteiger partial charge in [0, 0.05) is 12.5 Å². The second-order valence-corrected chi connectivity index (χ2v) is 4.71. The van der Waals surface area contributed by atoms with E-state index < -0.39 is 11.9 Å². The van der Waals surface area contributed by atoms with Crippen LogP contribution in [0.25, 0.3) is 0 Å². The standard InChI is InChI=1S/C14H17NO4/c1-19-11-4-2-3-9(7-11)12(14(17)18)8-13(16)15-10-5-6-10/h2-4,7,10,12H,5-6,8H2,1H3,(H,15,16)(H,17,18). The summed E-state index contributed by atoms with van der Waals surface area (Å²) in [6.07, 6.45) is 1.93. The molecular weight excluding hydrogens is 246 g/mol. The number of aliphatic carboxylic acids is 1. The number of carboxylic acid groups (broad SMARTS) is 1. The zero-order chi connectivity index (χ0) is 13.8. The number of benzene rings is 1. The molecule has 2 N–H and O–H groups in total. The van der Waals surface area contributed by atoms with Crippen LogP contribution >= 0.6 is 0 Å². The number of amides is 1. The van der Waals surface area contributed by atoms with E-state index in [1.54, 1.807) is 24.3 Å². The summed E-state index contributed by atoms with van der Waals surface area (Å²) in [6, 6.07) is 7.07. The lowest BCUT2D eigenvalue weighted by Crippen LogP contribution is -2.29. The fourth-order valence-electron chi connectivity index (χ4n) is 1.91. The van der Waals surface area contributed by atoms with E-state index in [1.807, 2.05) is 0 Å². The smallest absolute Gasteiger partial charge is 0.311 e. The number of carboxylic acids is 1. The normalized spacial score (nSPS) is 15.6. The number of carbonyl (C=O) groups is 2. The van der Waals surface area contributed by atoms with Gasteiger partial charge in [-0.1, -0.05) is 12.1 Å². The van der Waals surface area contributed by atoms with Gasteiger partial charge in [0.1, 0.15) is 5.75 Å². The minimum Gasteiger partial charge on any atom is -0.497 e. The largest absolute Gasteiger partial charge is 0.497 e. The first kappa shape index (κ1) is 13.4. The molecule has 0 spiro atoms. The molecule has 0 aromatic heterocycles. The predicted molar refractivity (Wildman–Crippen MR) is 69.2 cm³/mol. The molecule has 102 valence electrons. The van der Waals surface area contributed by atoms with Crippen molar-refractivity contribution >= 4 is 11.9 Å². The van der Waals surface area contributed by atoms with Gasteiger partial charge in [0.15, 0.2) is 0 Å². The number of ether oxygens (including phenoxy) is 1. The zero-order valence-electron chi connectivity index (χ0n) is 10.8. The highest BCUT2D eigenvalue weighted by atomic mass is 16.5. The van der Waals surface area contributed by atoms with Crippen LogP contribution in [0.15, 0.2) is 24.3 Å². The van der Waals surface area contributed by atoms with Crippen molar-refractivity contribution in [3.8, 4) is 5.75 Å². The van der Waals surface area contributed by atoms with Crippen molar-refractivity contribution < 1.29 is 19.4 Å². The molecule has 19 heavy (non-hydrogen) atoms. The molecule has 1 fully saturated rings. The summed E-state index contributed by atoms with van der Waals surface area (Å²) >= 11 is 0. The molecule has 1 aromatic carbocycles. The van der Waals surface area contributed by atoms with Crippen LogP contribution in [0.1, 0.15) is 30.7 Å². The van der Waals surface area contributed by atoms with Gasteiger partial charge in [0.05, 0.1) is 13.0 Å². The monoisotopic (exact) mass is 263 g/mol. The Bertz CT molecular complexity index is 482. The summed E-state index contributed by atoms with van der Waals surface area (Å²) in [6.45, 7) is 0. The van der Waals surface area contributed by atoms with Crippen molar-refractivity contribution in [1.82, 2.24) is 5.32 Å². The van der Waals surface area contributed by atoms with Crippen molar-refractivity contribution in [2.24, 2.45) is 0 Å². The molecule has 1 unspecified atom stereocenters. The highest BCUT2D eigenvalue weighted by molar-refractivity contribution is 5.86. The minimum absolute atomic E-state index is 0.0427. The summed E-state index contributed by atoms with van der Waals surface area (Å²) in [4.78, 5) is 23.0. The zero-order valence-corrected chi connectivity index (χ0v) is 10.8. The summed E-state index contributed by atoms with van der Waals surface area (Å²) in [5, 5.41) is 12.1. The first-order chi connectivity index (χ1) is 9.10. The molecule has 0 aliphatic heterocycles. The maximum Gasteiger partial charge on any atom is 0.311 e. The van der Waals surface area contributed by atoms with E-state index in [-0.39, 0.29) is 18.4 Å². The van der Waals surface area contributed by atoms with Crippen LogP contribution in [-0.2, 0) is 9.59 Å². The molecule has 1 aromatic rings. The van der Waals surface area contributed by atoms with Gasteiger partial charge in [0.25, 0.3) is 0 Å². The lowest BCUT2D eigenvalue weighted by atomic mass is 9.95. The Morgan fingerprint density at radius 2 is 2.21 bits per heavy atom. The molecule has 0 saturated heterocycles. The first-order valence-corrected chi connectivity index (χ1v) is 6.26. The Morgan fingerprint density at radius 3 is 2.79 bits per heavy atom. The highest BCUT2D eigenvalue weighted by Gasteiger charge is 2.28. The fraction of sp³-hybridized carbons (Fsp3) is 0.429. The van der Waals surface area contributed by atoms with Gasteiger partial charge in [0.2, 0.25) is 5.91 Å². The van der Waals surface area contributed by atoms with Crippen molar-refractivity contribution in [2.45, 2.75) is 31.2 Å². The Kier molecular flexibility index (Phi) is 4.04. The van der Waals surface area contributed by atoms with Gasteiger partial charge in [-0.15, -0.1) is 0 Å². The van der Waals surface area contributed by atoms with Gasteiger partial charge in [-0.3, -0.25) is 9.59 Å². The van der Waals surface area contributed by atoms with E-state index in [4.69, 9.17) is 4.74 Å². The average Bonchev–Trinajstić information content (AvgIpc) is 3.19. The quantitative estimate of drug-likeness (QED) is 0.816. The lowest BCUT2D eigenvalue weighted by Gasteiger charge is -2.13. The molecule has 5 heteroatoms. The number of hydrogen-bond donors (Lipinski definition) is 2. The first-order valence-electron chi connectivity index (χ1n) is 6.26. The van der Waals surface area contributed by atoms with Gasteiger partial charge >= 0.3 is 5.97 Å². The molecule has 1 aliphatic rings. The van der Waals surface area contributed by atoms with Crippen LogP contribution in [0, 0.1) is 0 Å². The molecule has 0 radical (unpaired) electrons. The van der Waals surface area contributed by atoms with Crippen LogP contribution in [0.4, 0.5) is 0 Å². The molecular formula is C14H17NO4. The van der Waals surface area contributed by atoms with Crippen molar-refractivity contribution in [1.29, 1.82) is 0 Å². The topological polar surface area (TPSA) is 75.6 Å². The summed E-state index contributed by atoms with van der Waals surface area (Å²) in [5.41, 5.74) is 0.581. The third kappa shape index (κ3) is 3.71. The molecule has 0 heterocycles. The van der Waals surface area contributed by atoms with Gasteiger partial charge in [-0.05, 0) is 30.5 Å². The lowest BCUT2D eigenvalue weighted by molar-refractivity contribution is -0.140. The Hall–Kier alpha value is -2.04. The van der Waals surface area contributed by atoms with Gasteiger partial charge in [-0.2, -0.15) is 0 Å². The molecule has 0 bridgehead atoms. The number of hydrogen-bond acceptors (Lipinski definition) is 3. The van der Waals surface area contributed by atoms with Crippen molar-refractivity contribution in [3.63, 3.8) is 0 Å². The minimum atomic E-state index is -1.00. The second-order valence-electron chi connectivity index (χ2n) is 4.71. The number of carbonyl (C=O) groups excluding carboxylic acids is 1. The van der Waals surface area contributed by atoms with Crippen LogP contribution in [0.3, 0.4) is 0 Å².